The van der Waals surface area contributed by atoms with E-state index in [0.29, 0.717) is 19.3 Å². The molecule has 0 saturated heterocycles. The van der Waals surface area contributed by atoms with Gasteiger partial charge in [0.05, 0.1) is 13.2 Å². The zero-order chi connectivity index (χ0) is 40.0. The van der Waals surface area contributed by atoms with Gasteiger partial charge in [0.15, 0.2) is 6.10 Å². The van der Waals surface area contributed by atoms with Crippen LogP contribution in [0.3, 0.4) is 0 Å². The predicted octanol–water partition coefficient (Wildman–Crippen LogP) is 9.94. The normalized spacial score (nSPS) is 14.7. The number of ether oxygens (including phenoxy) is 2. The van der Waals surface area contributed by atoms with E-state index in [4.69, 9.17) is 24.8 Å². The van der Waals surface area contributed by atoms with E-state index >= 15 is 0 Å². The molecule has 12 heteroatoms. The van der Waals surface area contributed by atoms with Crippen LogP contribution in [0.1, 0.15) is 129 Å². The number of hydrogen-bond donors (Lipinski definition) is 3. The van der Waals surface area contributed by atoms with Crippen LogP contribution in [0.2, 0.25) is 0 Å². The number of phosphoric acid groups is 1. The minimum atomic E-state index is -4.74. The molecule has 0 bridgehead atoms. The molecule has 0 aliphatic heterocycles. The summed E-state index contributed by atoms with van der Waals surface area (Å²) in [6.45, 7) is 2.51. The van der Waals surface area contributed by atoms with Crippen molar-refractivity contribution in [3.05, 3.63) is 85.1 Å². The maximum Gasteiger partial charge on any atom is 0.472 e. The molecular formula is C42H68NO10P. The number of rotatable bonds is 35. The second-order valence-electron chi connectivity index (χ2n) is 12.8. The molecule has 0 spiro atoms. The summed E-state index contributed by atoms with van der Waals surface area (Å²) in [4.78, 5) is 45.8. The van der Waals surface area contributed by atoms with Crippen molar-refractivity contribution in [2.75, 3.05) is 19.8 Å². The van der Waals surface area contributed by atoms with Gasteiger partial charge in [-0.05, 0) is 57.8 Å². The average molecular weight is 778 g/mol. The van der Waals surface area contributed by atoms with Gasteiger partial charge in [0, 0.05) is 12.8 Å². The standard InChI is InChI=1S/C42H68NO10P/c1-3-5-7-9-11-13-15-17-18-19-20-22-23-25-27-29-31-33-40(44)50-35-38(36-51-54(48,49)52-37-39(43)42(46)47)53-41(45)34-32-30-28-26-24-21-16-14-12-10-8-6-4-2/h6,8,10-14,16-18,21,24,26,28,38-39H,3-5,7,9,15,19-20,22-23,25,27,29-37,43H2,1-2H3,(H,46,47)(H,48,49)/b8-6+,12-10+,13-11+,16-14+,18-17+,24-21+,28-26+/t38?,39-/m0/s1. The molecule has 0 saturated carbocycles. The van der Waals surface area contributed by atoms with Crippen molar-refractivity contribution in [2.45, 2.75) is 142 Å². The third kappa shape index (κ3) is 35.7. The van der Waals surface area contributed by atoms with Crippen molar-refractivity contribution in [3.63, 3.8) is 0 Å². The summed E-state index contributed by atoms with van der Waals surface area (Å²) in [5.74, 6) is -2.50. The number of aliphatic carboxylic acids is 1. The number of allylic oxidation sites excluding steroid dienone is 14. The fourth-order valence-electron chi connectivity index (χ4n) is 4.65. The molecule has 306 valence electrons. The number of carbonyl (C=O) groups is 3. The van der Waals surface area contributed by atoms with Crippen molar-refractivity contribution in [1.82, 2.24) is 0 Å². The molecule has 0 aliphatic carbocycles. The summed E-state index contributed by atoms with van der Waals surface area (Å²) in [5.41, 5.74) is 5.31. The number of carboxylic acids is 1. The van der Waals surface area contributed by atoms with Crippen molar-refractivity contribution >= 4 is 25.7 Å². The molecule has 54 heavy (non-hydrogen) atoms. The van der Waals surface area contributed by atoms with Crippen LogP contribution < -0.4 is 5.73 Å². The summed E-state index contributed by atoms with van der Waals surface area (Å²) in [6.07, 6.45) is 43.8. The molecule has 0 aromatic carbocycles. The van der Waals surface area contributed by atoms with E-state index in [2.05, 4.69) is 48.8 Å². The SMILES string of the molecule is CC/C=C/C=C/C=C/C=C/C=C/CCCC(=O)OC(COC(=O)CCCCCCCCC/C=C/C/C=C/CCCCC)COP(=O)(O)OC[C@H](N)C(=O)O. The highest BCUT2D eigenvalue weighted by Gasteiger charge is 2.28. The molecule has 0 aliphatic rings. The van der Waals surface area contributed by atoms with Crippen LogP contribution in [0.4, 0.5) is 0 Å². The lowest BCUT2D eigenvalue weighted by Crippen LogP contribution is -2.34. The summed E-state index contributed by atoms with van der Waals surface area (Å²) < 4.78 is 32.5. The number of hydrogen-bond acceptors (Lipinski definition) is 9. The first-order valence-electron chi connectivity index (χ1n) is 19.7. The molecule has 0 amide bonds. The Hall–Kier alpha value is -3.34. The predicted molar refractivity (Wildman–Crippen MR) is 217 cm³/mol. The Bertz CT molecular complexity index is 1240. The minimum absolute atomic E-state index is 0.0583. The van der Waals surface area contributed by atoms with Gasteiger partial charge in [0.1, 0.15) is 12.6 Å². The third-order valence-corrected chi connectivity index (χ3v) is 8.71. The molecule has 0 aromatic rings. The maximum atomic E-state index is 12.5. The number of phosphoric ester groups is 1. The van der Waals surface area contributed by atoms with Gasteiger partial charge in [-0.25, -0.2) is 4.57 Å². The van der Waals surface area contributed by atoms with Gasteiger partial charge in [-0.15, -0.1) is 0 Å². The molecule has 0 rings (SSSR count). The maximum absolute atomic E-state index is 12.5. The fourth-order valence-corrected chi connectivity index (χ4v) is 5.43. The Labute approximate surface area is 324 Å². The van der Waals surface area contributed by atoms with Gasteiger partial charge in [-0.3, -0.25) is 23.4 Å². The lowest BCUT2D eigenvalue weighted by Gasteiger charge is -2.20. The lowest BCUT2D eigenvalue weighted by atomic mass is 10.1. The molecule has 4 N–H and O–H groups in total. The first-order chi connectivity index (χ1) is 26.1. The zero-order valence-electron chi connectivity index (χ0n) is 32.8. The van der Waals surface area contributed by atoms with E-state index in [9.17, 15) is 23.8 Å². The second-order valence-corrected chi connectivity index (χ2v) is 14.3. The number of carbonyl (C=O) groups excluding carboxylic acids is 2. The molecule has 0 heterocycles. The van der Waals surface area contributed by atoms with Gasteiger partial charge in [0.2, 0.25) is 0 Å². The largest absolute Gasteiger partial charge is 0.480 e. The van der Waals surface area contributed by atoms with Crippen molar-refractivity contribution in [3.8, 4) is 0 Å². The highest BCUT2D eigenvalue weighted by Crippen LogP contribution is 2.43. The van der Waals surface area contributed by atoms with E-state index in [1.807, 2.05) is 54.7 Å². The van der Waals surface area contributed by atoms with Crippen LogP contribution in [0.15, 0.2) is 85.1 Å². The van der Waals surface area contributed by atoms with Gasteiger partial charge in [-0.1, -0.05) is 144 Å². The van der Waals surface area contributed by atoms with Crippen molar-refractivity contribution in [1.29, 1.82) is 0 Å². The lowest BCUT2D eigenvalue weighted by molar-refractivity contribution is -0.161. The topological polar surface area (TPSA) is 172 Å². The molecule has 11 nitrogen and oxygen atoms in total. The Morgan fingerprint density at radius 2 is 1.13 bits per heavy atom. The van der Waals surface area contributed by atoms with E-state index in [-0.39, 0.29) is 19.4 Å². The van der Waals surface area contributed by atoms with Crippen LogP contribution in [0, 0.1) is 0 Å². The second kappa shape index (κ2) is 36.6. The van der Waals surface area contributed by atoms with Gasteiger partial charge < -0.3 is 25.2 Å². The molecule has 3 atom stereocenters. The Morgan fingerprint density at radius 1 is 0.611 bits per heavy atom. The Kier molecular flexibility index (Phi) is 34.4. The quantitative estimate of drug-likeness (QED) is 0.0184. The smallest absolute Gasteiger partial charge is 0.472 e. The van der Waals surface area contributed by atoms with Crippen molar-refractivity contribution in [2.24, 2.45) is 5.73 Å². The highest BCUT2D eigenvalue weighted by molar-refractivity contribution is 7.47. The third-order valence-electron chi connectivity index (χ3n) is 7.76. The summed E-state index contributed by atoms with van der Waals surface area (Å²) in [6, 6.07) is -1.54. The fraction of sp³-hybridized carbons (Fsp3) is 0.595. The van der Waals surface area contributed by atoms with Crippen LogP contribution >= 0.6 is 7.82 Å². The first-order valence-corrected chi connectivity index (χ1v) is 21.2. The van der Waals surface area contributed by atoms with Crippen molar-refractivity contribution < 1.29 is 47.5 Å². The Balaban J connectivity index is 4.53. The molecule has 0 fully saturated rings. The number of unbranched alkanes of at least 4 members (excludes halogenated alkanes) is 11. The summed E-state index contributed by atoms with van der Waals surface area (Å²) >= 11 is 0. The number of nitrogens with two attached hydrogens (primary N) is 1. The van der Waals surface area contributed by atoms with Crippen LogP contribution in [-0.2, 0) is 37.5 Å². The van der Waals surface area contributed by atoms with Gasteiger partial charge in [-0.2, -0.15) is 0 Å². The van der Waals surface area contributed by atoms with Crippen LogP contribution in [0.25, 0.3) is 0 Å². The van der Waals surface area contributed by atoms with Crippen LogP contribution in [-0.4, -0.2) is 59.9 Å². The average Bonchev–Trinajstić information content (AvgIpc) is 3.14. The molecule has 0 radical (unpaired) electrons. The highest BCUT2D eigenvalue weighted by atomic mass is 31.2. The number of esters is 2. The van der Waals surface area contributed by atoms with Crippen LogP contribution in [0.5, 0.6) is 0 Å². The minimum Gasteiger partial charge on any atom is -0.480 e. The van der Waals surface area contributed by atoms with Gasteiger partial charge >= 0.3 is 25.7 Å². The number of carboxylic acid groups (broad SMARTS) is 1. The van der Waals surface area contributed by atoms with E-state index in [0.717, 1.165) is 44.9 Å². The van der Waals surface area contributed by atoms with Gasteiger partial charge in [0.25, 0.3) is 0 Å². The molecular weight excluding hydrogens is 709 g/mol. The van der Waals surface area contributed by atoms with E-state index in [1.54, 1.807) is 0 Å². The van der Waals surface area contributed by atoms with E-state index in [1.165, 1.54) is 38.5 Å². The molecule has 2 unspecified atom stereocenters. The van der Waals surface area contributed by atoms with E-state index < -0.39 is 51.1 Å². The molecule has 0 aromatic heterocycles. The summed E-state index contributed by atoms with van der Waals surface area (Å²) in [7, 11) is -4.74. The first kappa shape index (κ1) is 50.7. The zero-order valence-corrected chi connectivity index (χ0v) is 33.7. The Morgan fingerprint density at radius 3 is 1.74 bits per heavy atom. The monoisotopic (exact) mass is 777 g/mol. The summed E-state index contributed by atoms with van der Waals surface area (Å²) in [5, 5.41) is 8.86.